The molecule has 0 unspecified atom stereocenters. The second kappa shape index (κ2) is 5.13. The third-order valence-electron chi connectivity index (χ3n) is 2.85. The Morgan fingerprint density at radius 2 is 1.89 bits per heavy atom. The highest BCUT2D eigenvalue weighted by Gasteiger charge is 2.32. The molecule has 0 atom stereocenters. The molecule has 0 fully saturated rings. The van der Waals surface area contributed by atoms with Crippen LogP contribution in [-0.2, 0) is 5.92 Å². The summed E-state index contributed by atoms with van der Waals surface area (Å²) in [5, 5.41) is 0. The molecule has 0 aliphatic carbocycles. The van der Waals surface area contributed by atoms with Gasteiger partial charge in [-0.2, -0.15) is 0 Å². The smallest absolute Gasteiger partial charge is 0.271 e. The monoisotopic (exact) mass is 271 g/mol. The summed E-state index contributed by atoms with van der Waals surface area (Å²) in [6, 6.07) is 2.46. The van der Waals surface area contributed by atoms with E-state index in [2.05, 4.69) is 0 Å². The maximum atomic E-state index is 13.6. The Morgan fingerprint density at radius 3 is 2.42 bits per heavy atom. The number of Topliss-reactive ketones (excluding diaryl/α,β-unsaturated/α-hetero) is 1. The average molecular weight is 271 g/mol. The number of hydrogen-bond acceptors (Lipinski definition) is 4. The predicted octanol–water partition coefficient (Wildman–Crippen LogP) is 2.10. The van der Waals surface area contributed by atoms with Crippen LogP contribution >= 0.6 is 0 Å². The molecule has 0 saturated heterocycles. The fraction of sp³-hybridized carbons (Fsp3) is 0.462. The van der Waals surface area contributed by atoms with Crippen LogP contribution in [0.15, 0.2) is 12.1 Å². The van der Waals surface area contributed by atoms with Crippen LogP contribution in [0.1, 0.15) is 29.3 Å². The third kappa shape index (κ3) is 2.84. The lowest BCUT2D eigenvalue weighted by atomic mass is 9.98. The standard InChI is InChI=1S/C13H15F2NO3/c1-13(14,15)9-6-12-11(18-3-2-4-19-12)5-8(9)10(17)7-16/h5-6H,2-4,7,16H2,1H3. The average Bonchev–Trinajstić information content (AvgIpc) is 2.59. The summed E-state index contributed by atoms with van der Waals surface area (Å²) >= 11 is 0. The lowest BCUT2D eigenvalue weighted by Gasteiger charge is -2.18. The third-order valence-corrected chi connectivity index (χ3v) is 2.85. The Balaban J connectivity index is 2.57. The van der Waals surface area contributed by atoms with Crippen molar-refractivity contribution in [2.45, 2.75) is 19.3 Å². The second-order valence-corrected chi connectivity index (χ2v) is 4.41. The van der Waals surface area contributed by atoms with Crippen molar-refractivity contribution in [2.75, 3.05) is 19.8 Å². The number of fused-ring (bicyclic) bond motifs is 1. The van der Waals surface area contributed by atoms with Crippen LogP contribution in [0.4, 0.5) is 8.78 Å². The van der Waals surface area contributed by atoms with Crippen molar-refractivity contribution in [3.8, 4) is 11.5 Å². The van der Waals surface area contributed by atoms with E-state index < -0.39 is 11.7 Å². The summed E-state index contributed by atoms with van der Waals surface area (Å²) in [4.78, 5) is 11.7. The molecule has 1 heterocycles. The van der Waals surface area contributed by atoms with Gasteiger partial charge >= 0.3 is 0 Å². The summed E-state index contributed by atoms with van der Waals surface area (Å²) in [6.45, 7) is 1.22. The van der Waals surface area contributed by atoms with Gasteiger partial charge in [-0.3, -0.25) is 4.79 Å². The minimum absolute atomic E-state index is 0.112. The van der Waals surface area contributed by atoms with E-state index in [-0.39, 0.29) is 23.4 Å². The van der Waals surface area contributed by atoms with E-state index in [1.807, 2.05) is 0 Å². The highest BCUT2D eigenvalue weighted by Crippen LogP contribution is 2.39. The van der Waals surface area contributed by atoms with E-state index in [9.17, 15) is 13.6 Å². The normalized spacial score (nSPS) is 14.9. The second-order valence-electron chi connectivity index (χ2n) is 4.41. The minimum atomic E-state index is -3.15. The maximum absolute atomic E-state index is 13.6. The van der Waals surface area contributed by atoms with Crippen molar-refractivity contribution in [2.24, 2.45) is 5.73 Å². The van der Waals surface area contributed by atoms with Gasteiger partial charge in [0.2, 0.25) is 0 Å². The summed E-state index contributed by atoms with van der Waals surface area (Å²) in [6.07, 6.45) is 0.659. The van der Waals surface area contributed by atoms with Gasteiger partial charge in [-0.15, -0.1) is 0 Å². The molecule has 1 aliphatic rings. The van der Waals surface area contributed by atoms with E-state index >= 15 is 0 Å². The topological polar surface area (TPSA) is 61.6 Å². The van der Waals surface area contributed by atoms with Gasteiger partial charge in [-0.05, 0) is 12.1 Å². The van der Waals surface area contributed by atoms with Crippen molar-refractivity contribution < 1.29 is 23.0 Å². The van der Waals surface area contributed by atoms with Gasteiger partial charge in [0.1, 0.15) is 0 Å². The number of ether oxygens (including phenoxy) is 2. The zero-order valence-corrected chi connectivity index (χ0v) is 10.5. The quantitative estimate of drug-likeness (QED) is 0.855. The molecular formula is C13H15F2NO3. The maximum Gasteiger partial charge on any atom is 0.271 e. The number of carbonyl (C=O) groups is 1. The Bertz CT molecular complexity index is 497. The first-order valence-corrected chi connectivity index (χ1v) is 5.98. The molecule has 104 valence electrons. The molecule has 2 N–H and O–H groups in total. The van der Waals surface area contributed by atoms with Crippen LogP contribution in [0.5, 0.6) is 11.5 Å². The van der Waals surface area contributed by atoms with Gasteiger partial charge in [0, 0.05) is 24.5 Å². The van der Waals surface area contributed by atoms with Crippen molar-refractivity contribution in [3.63, 3.8) is 0 Å². The lowest BCUT2D eigenvalue weighted by Crippen LogP contribution is -2.20. The highest BCUT2D eigenvalue weighted by molar-refractivity contribution is 5.99. The zero-order valence-electron chi connectivity index (χ0n) is 10.5. The van der Waals surface area contributed by atoms with Crippen LogP contribution in [-0.4, -0.2) is 25.5 Å². The van der Waals surface area contributed by atoms with Crippen molar-refractivity contribution in [1.29, 1.82) is 0 Å². The number of nitrogens with two attached hydrogens (primary N) is 1. The molecule has 1 aliphatic heterocycles. The number of alkyl halides is 2. The Morgan fingerprint density at radius 1 is 1.32 bits per heavy atom. The molecule has 0 amide bonds. The fourth-order valence-electron chi connectivity index (χ4n) is 1.91. The van der Waals surface area contributed by atoms with E-state index in [0.717, 1.165) is 6.92 Å². The molecule has 0 saturated carbocycles. The van der Waals surface area contributed by atoms with Gasteiger partial charge in [0.15, 0.2) is 17.3 Å². The number of halogens is 2. The molecule has 0 spiro atoms. The van der Waals surface area contributed by atoms with Crippen LogP contribution in [0, 0.1) is 0 Å². The van der Waals surface area contributed by atoms with E-state index in [4.69, 9.17) is 15.2 Å². The minimum Gasteiger partial charge on any atom is -0.490 e. The predicted molar refractivity (Wildman–Crippen MR) is 65.0 cm³/mol. The molecule has 0 bridgehead atoms. The molecule has 1 aromatic carbocycles. The first-order valence-electron chi connectivity index (χ1n) is 5.98. The van der Waals surface area contributed by atoms with Gasteiger partial charge < -0.3 is 15.2 Å². The molecule has 4 nitrogen and oxygen atoms in total. The fourth-order valence-corrected chi connectivity index (χ4v) is 1.91. The van der Waals surface area contributed by atoms with E-state index in [1.54, 1.807) is 0 Å². The summed E-state index contributed by atoms with van der Waals surface area (Å²) in [5.41, 5.74) is 4.76. The first-order chi connectivity index (χ1) is 8.93. The molecular weight excluding hydrogens is 256 g/mol. The Labute approximate surface area is 109 Å². The van der Waals surface area contributed by atoms with Crippen molar-refractivity contribution in [3.05, 3.63) is 23.3 Å². The Hall–Kier alpha value is -1.69. The van der Waals surface area contributed by atoms with Crippen LogP contribution < -0.4 is 15.2 Å². The van der Waals surface area contributed by atoms with Crippen molar-refractivity contribution >= 4 is 5.78 Å². The number of benzene rings is 1. The Kier molecular flexibility index (Phi) is 3.71. The van der Waals surface area contributed by atoms with Crippen LogP contribution in [0.3, 0.4) is 0 Å². The number of rotatable bonds is 3. The van der Waals surface area contributed by atoms with Gasteiger partial charge in [0.25, 0.3) is 5.92 Å². The molecule has 0 radical (unpaired) electrons. The molecule has 6 heteroatoms. The molecule has 1 aromatic rings. The van der Waals surface area contributed by atoms with Crippen LogP contribution in [0.2, 0.25) is 0 Å². The van der Waals surface area contributed by atoms with Gasteiger partial charge in [-0.1, -0.05) is 0 Å². The first kappa shape index (κ1) is 13.7. The lowest BCUT2D eigenvalue weighted by molar-refractivity contribution is 0.0162. The molecule has 2 rings (SSSR count). The van der Waals surface area contributed by atoms with Gasteiger partial charge in [0.05, 0.1) is 19.8 Å². The summed E-state index contributed by atoms with van der Waals surface area (Å²) < 4.78 is 37.9. The van der Waals surface area contributed by atoms with Crippen molar-refractivity contribution in [1.82, 2.24) is 0 Å². The largest absolute Gasteiger partial charge is 0.490 e. The zero-order chi connectivity index (χ0) is 14.0. The SMILES string of the molecule is CC(F)(F)c1cc2c(cc1C(=O)CN)OCCCO2. The number of hydrogen-bond donors (Lipinski definition) is 1. The molecule has 0 aromatic heterocycles. The van der Waals surface area contributed by atoms with E-state index in [0.29, 0.717) is 25.4 Å². The van der Waals surface area contributed by atoms with Crippen LogP contribution in [0.25, 0.3) is 0 Å². The van der Waals surface area contributed by atoms with Gasteiger partial charge in [-0.25, -0.2) is 8.78 Å². The summed E-state index contributed by atoms with van der Waals surface area (Å²) in [7, 11) is 0. The highest BCUT2D eigenvalue weighted by atomic mass is 19.3. The van der Waals surface area contributed by atoms with E-state index in [1.165, 1.54) is 12.1 Å². The molecule has 19 heavy (non-hydrogen) atoms. The summed E-state index contributed by atoms with van der Waals surface area (Å²) in [5.74, 6) is -3.15. The number of carbonyl (C=O) groups excluding carboxylic acids is 1. The number of ketones is 1.